The second-order valence-corrected chi connectivity index (χ2v) is 4.18. The Morgan fingerprint density at radius 1 is 1.06 bits per heavy atom. The Labute approximate surface area is 104 Å². The van der Waals surface area contributed by atoms with Crippen molar-refractivity contribution >= 4 is 11.4 Å². The molecule has 2 aromatic carbocycles. The number of benzene rings is 2. The number of halogens is 2. The molecule has 18 heavy (non-hydrogen) atoms. The molecule has 0 aromatic heterocycles. The third-order valence-corrected chi connectivity index (χ3v) is 2.73. The van der Waals surface area contributed by atoms with E-state index in [0.717, 1.165) is 17.3 Å². The van der Waals surface area contributed by atoms with Gasteiger partial charge in [0.05, 0.1) is 0 Å². The summed E-state index contributed by atoms with van der Waals surface area (Å²) in [5, 5.41) is 3.15. The van der Waals surface area contributed by atoms with Crippen LogP contribution in [0.2, 0.25) is 0 Å². The lowest BCUT2D eigenvalue weighted by Crippen LogP contribution is -2.02. The van der Waals surface area contributed by atoms with E-state index >= 15 is 0 Å². The number of rotatable bonds is 3. The number of hydrogen-bond acceptors (Lipinski definition) is 2. The van der Waals surface area contributed by atoms with Crippen LogP contribution in [-0.4, -0.2) is 0 Å². The second kappa shape index (κ2) is 5.04. The van der Waals surface area contributed by atoms with Crippen LogP contribution in [0.25, 0.3) is 0 Å². The van der Waals surface area contributed by atoms with Crippen molar-refractivity contribution in [3.63, 3.8) is 0 Å². The van der Waals surface area contributed by atoms with E-state index in [1.807, 2.05) is 25.1 Å². The van der Waals surface area contributed by atoms with Gasteiger partial charge in [-0.25, -0.2) is 8.78 Å². The highest BCUT2D eigenvalue weighted by Gasteiger charge is 2.03. The summed E-state index contributed by atoms with van der Waals surface area (Å²) in [6.07, 6.45) is 0. The highest BCUT2D eigenvalue weighted by molar-refractivity contribution is 5.59. The molecule has 0 saturated heterocycles. The topological polar surface area (TPSA) is 38.0 Å². The van der Waals surface area contributed by atoms with Gasteiger partial charge in [-0.1, -0.05) is 12.1 Å². The molecule has 0 aliphatic carbocycles. The summed E-state index contributed by atoms with van der Waals surface area (Å²) in [4.78, 5) is 0. The molecule has 2 aromatic rings. The van der Waals surface area contributed by atoms with Gasteiger partial charge in [-0.2, -0.15) is 0 Å². The fourth-order valence-electron chi connectivity index (χ4n) is 1.68. The molecule has 2 rings (SSSR count). The Hall–Kier alpha value is -2.10. The van der Waals surface area contributed by atoms with Crippen molar-refractivity contribution in [2.45, 2.75) is 13.5 Å². The minimum Gasteiger partial charge on any atom is -0.399 e. The fraction of sp³-hybridized carbons (Fsp3) is 0.143. The van der Waals surface area contributed by atoms with Crippen LogP contribution in [0.1, 0.15) is 11.1 Å². The Bertz CT molecular complexity index is 568. The molecule has 0 spiro atoms. The summed E-state index contributed by atoms with van der Waals surface area (Å²) >= 11 is 0. The van der Waals surface area contributed by atoms with E-state index in [1.54, 1.807) is 6.07 Å². The Morgan fingerprint density at radius 2 is 1.83 bits per heavy atom. The quantitative estimate of drug-likeness (QED) is 0.816. The molecular formula is C14H14F2N2. The van der Waals surface area contributed by atoms with Crippen molar-refractivity contribution in [1.29, 1.82) is 0 Å². The smallest absolute Gasteiger partial charge is 0.159 e. The molecular weight excluding hydrogens is 234 g/mol. The van der Waals surface area contributed by atoms with Crippen molar-refractivity contribution in [2.75, 3.05) is 11.1 Å². The van der Waals surface area contributed by atoms with Gasteiger partial charge in [0.15, 0.2) is 11.6 Å². The highest BCUT2D eigenvalue weighted by Crippen LogP contribution is 2.19. The zero-order valence-electron chi connectivity index (χ0n) is 10.0. The Balaban J connectivity index is 2.11. The van der Waals surface area contributed by atoms with E-state index in [4.69, 9.17) is 5.73 Å². The maximum absolute atomic E-state index is 13.0. The number of nitrogens with two attached hydrogens (primary N) is 1. The minimum absolute atomic E-state index is 0.418. The first-order valence-electron chi connectivity index (χ1n) is 5.60. The van der Waals surface area contributed by atoms with E-state index in [-0.39, 0.29) is 0 Å². The summed E-state index contributed by atoms with van der Waals surface area (Å²) in [7, 11) is 0. The first-order valence-corrected chi connectivity index (χ1v) is 5.60. The molecule has 0 radical (unpaired) electrons. The largest absolute Gasteiger partial charge is 0.399 e. The average Bonchev–Trinajstić information content (AvgIpc) is 2.34. The molecule has 0 unspecified atom stereocenters. The maximum atomic E-state index is 13.0. The van der Waals surface area contributed by atoms with Gasteiger partial charge in [0.2, 0.25) is 0 Å². The summed E-state index contributed by atoms with van der Waals surface area (Å²) in [5.74, 6) is -1.67. The molecule has 0 amide bonds. The third-order valence-electron chi connectivity index (χ3n) is 2.73. The molecule has 0 aliphatic heterocycles. The Morgan fingerprint density at radius 3 is 2.56 bits per heavy atom. The monoisotopic (exact) mass is 248 g/mol. The fourth-order valence-corrected chi connectivity index (χ4v) is 1.68. The summed E-state index contributed by atoms with van der Waals surface area (Å²) < 4.78 is 25.8. The van der Waals surface area contributed by atoms with Crippen molar-refractivity contribution in [3.05, 3.63) is 59.2 Å². The molecule has 2 nitrogen and oxygen atoms in total. The molecule has 0 heterocycles. The van der Waals surface area contributed by atoms with Gasteiger partial charge in [0.25, 0.3) is 0 Å². The average molecular weight is 248 g/mol. The van der Waals surface area contributed by atoms with Gasteiger partial charge in [0.1, 0.15) is 0 Å². The van der Waals surface area contributed by atoms with Crippen molar-refractivity contribution in [1.82, 2.24) is 0 Å². The predicted molar refractivity (Wildman–Crippen MR) is 69.3 cm³/mol. The van der Waals surface area contributed by atoms with Crippen molar-refractivity contribution in [2.24, 2.45) is 0 Å². The number of nitrogens with one attached hydrogen (secondary N) is 1. The number of anilines is 2. The van der Waals surface area contributed by atoms with Crippen molar-refractivity contribution < 1.29 is 8.78 Å². The van der Waals surface area contributed by atoms with Crippen molar-refractivity contribution in [3.8, 4) is 0 Å². The van der Waals surface area contributed by atoms with Crippen LogP contribution >= 0.6 is 0 Å². The van der Waals surface area contributed by atoms with Gasteiger partial charge >= 0.3 is 0 Å². The second-order valence-electron chi connectivity index (χ2n) is 4.18. The number of hydrogen-bond donors (Lipinski definition) is 2. The lowest BCUT2D eigenvalue weighted by atomic mass is 10.1. The summed E-state index contributed by atoms with van der Waals surface area (Å²) in [5.41, 5.74) is 8.96. The van der Waals surface area contributed by atoms with Crippen LogP contribution in [0, 0.1) is 18.6 Å². The predicted octanol–water partition coefficient (Wildman–Crippen LogP) is 3.47. The van der Waals surface area contributed by atoms with E-state index in [0.29, 0.717) is 17.8 Å². The van der Waals surface area contributed by atoms with Crippen LogP contribution in [0.4, 0.5) is 20.2 Å². The van der Waals surface area contributed by atoms with E-state index in [1.165, 1.54) is 6.07 Å². The third kappa shape index (κ3) is 2.77. The summed E-state index contributed by atoms with van der Waals surface area (Å²) in [6, 6.07) is 9.39. The minimum atomic E-state index is -0.835. The van der Waals surface area contributed by atoms with Gasteiger partial charge in [-0.05, 0) is 42.3 Å². The molecule has 0 saturated carbocycles. The molecule has 94 valence electrons. The Kier molecular flexibility index (Phi) is 3.46. The molecule has 0 bridgehead atoms. The van der Waals surface area contributed by atoms with Gasteiger partial charge in [-0.3, -0.25) is 0 Å². The zero-order chi connectivity index (χ0) is 13.1. The van der Waals surface area contributed by atoms with Crippen LogP contribution in [0.15, 0.2) is 36.4 Å². The van der Waals surface area contributed by atoms with Gasteiger partial charge < -0.3 is 11.1 Å². The normalized spacial score (nSPS) is 10.4. The first-order chi connectivity index (χ1) is 8.56. The van der Waals surface area contributed by atoms with Crippen LogP contribution in [-0.2, 0) is 6.54 Å². The highest BCUT2D eigenvalue weighted by atomic mass is 19.2. The number of aryl methyl sites for hydroxylation is 1. The van der Waals surface area contributed by atoms with E-state index in [2.05, 4.69) is 5.32 Å². The van der Waals surface area contributed by atoms with Crippen LogP contribution in [0.3, 0.4) is 0 Å². The van der Waals surface area contributed by atoms with Gasteiger partial charge in [-0.15, -0.1) is 0 Å². The van der Waals surface area contributed by atoms with E-state index in [9.17, 15) is 8.78 Å². The molecule has 4 heteroatoms. The molecule has 3 N–H and O–H groups in total. The lowest BCUT2D eigenvalue weighted by Gasteiger charge is -2.10. The number of nitrogen functional groups attached to an aromatic ring is 1. The first kappa shape index (κ1) is 12.4. The molecule has 0 atom stereocenters. The SMILES string of the molecule is Cc1ccc(N)cc1NCc1ccc(F)c(F)c1. The lowest BCUT2D eigenvalue weighted by molar-refractivity contribution is 0.507. The molecule has 0 aliphatic rings. The van der Waals surface area contributed by atoms with E-state index < -0.39 is 11.6 Å². The van der Waals surface area contributed by atoms with Crippen LogP contribution in [0.5, 0.6) is 0 Å². The summed E-state index contributed by atoms with van der Waals surface area (Å²) in [6.45, 7) is 2.37. The maximum Gasteiger partial charge on any atom is 0.159 e. The standard InChI is InChI=1S/C14H14F2N2/c1-9-2-4-11(17)7-14(9)18-8-10-3-5-12(15)13(16)6-10/h2-7,18H,8,17H2,1H3. The molecule has 0 fully saturated rings. The van der Waals surface area contributed by atoms with Gasteiger partial charge in [0, 0.05) is 17.9 Å². The zero-order valence-corrected chi connectivity index (χ0v) is 10.0. The van der Waals surface area contributed by atoms with Crippen LogP contribution < -0.4 is 11.1 Å².